The van der Waals surface area contributed by atoms with Crippen LogP contribution >= 0.6 is 0 Å². The summed E-state index contributed by atoms with van der Waals surface area (Å²) in [4.78, 5) is 9.07. The summed E-state index contributed by atoms with van der Waals surface area (Å²) in [5.41, 5.74) is 0.844. The van der Waals surface area contributed by atoms with E-state index in [2.05, 4.69) is 51.7 Å². The van der Waals surface area contributed by atoms with Gasteiger partial charge in [0.25, 0.3) is 0 Å². The molecule has 4 N–H and O–H groups in total. The number of nitrogens with one attached hydrogen (secondary N) is 1. The van der Waals surface area contributed by atoms with Crippen molar-refractivity contribution in [2.75, 3.05) is 7.11 Å². The number of fused-ring (bicyclic) bond motifs is 5. The maximum Gasteiger partial charge on any atom is 0.228 e. The Morgan fingerprint density at radius 2 is 1.40 bits per heavy atom. The minimum Gasteiger partial charge on any atom is -0.508 e. The van der Waals surface area contributed by atoms with E-state index in [4.69, 9.17) is 4.74 Å². The minimum absolute atomic E-state index is 0.0133. The number of methoxy groups -OCH3 is 1. The highest BCUT2D eigenvalue weighted by atomic mass is 16.5. The van der Waals surface area contributed by atoms with Gasteiger partial charge in [-0.25, -0.2) is 9.98 Å². The zero-order valence-electron chi connectivity index (χ0n) is 18.7. The molecule has 35 heavy (non-hydrogen) atoms. The normalized spacial score (nSPS) is 15.7. The Kier molecular flexibility index (Phi) is 4.79. The van der Waals surface area contributed by atoms with E-state index in [1.165, 1.54) is 7.11 Å². The van der Waals surface area contributed by atoms with Crippen LogP contribution in [0.25, 0.3) is 32.3 Å². The van der Waals surface area contributed by atoms with Crippen molar-refractivity contribution in [1.82, 2.24) is 5.32 Å². The third kappa shape index (κ3) is 3.41. The first-order chi connectivity index (χ1) is 17.0. The molecule has 5 aromatic rings. The summed E-state index contributed by atoms with van der Waals surface area (Å²) >= 11 is 0. The predicted molar refractivity (Wildman–Crippen MR) is 137 cm³/mol. The summed E-state index contributed by atoms with van der Waals surface area (Å²) in [5, 5.41) is 40.3. The van der Waals surface area contributed by atoms with Gasteiger partial charge in [-0.15, -0.1) is 0 Å². The number of amidine groups is 2. The van der Waals surface area contributed by atoms with Gasteiger partial charge in [0, 0.05) is 24.8 Å². The molecule has 7 heteroatoms. The van der Waals surface area contributed by atoms with Crippen LogP contribution in [0.1, 0.15) is 11.1 Å². The molecule has 7 nitrogen and oxygen atoms in total. The van der Waals surface area contributed by atoms with E-state index in [0.717, 1.165) is 50.0 Å². The third-order valence-corrected chi connectivity index (χ3v) is 6.27. The minimum atomic E-state index is -0.799. The SMILES string of the molecule is COC1N=C(c2c(O)cc(O)cc2O)N=C(c2cc3c4ccccc4ccc3c3ccccc23)N1. The quantitative estimate of drug-likeness (QED) is 0.282. The molecule has 0 bridgehead atoms. The van der Waals surface area contributed by atoms with Crippen LogP contribution in [-0.4, -0.2) is 40.5 Å². The molecule has 6 rings (SSSR count). The van der Waals surface area contributed by atoms with Crippen LogP contribution in [0.3, 0.4) is 0 Å². The summed E-state index contributed by atoms with van der Waals surface area (Å²) in [6.07, 6.45) is -0.799. The second kappa shape index (κ2) is 8.00. The molecular formula is C28H21N3O4. The van der Waals surface area contributed by atoms with Crippen molar-refractivity contribution in [3.63, 3.8) is 0 Å². The van der Waals surface area contributed by atoms with Crippen molar-refractivity contribution < 1.29 is 20.1 Å². The Hall–Kier alpha value is -4.62. The molecule has 0 amide bonds. The Morgan fingerprint density at radius 1 is 0.743 bits per heavy atom. The third-order valence-electron chi connectivity index (χ3n) is 6.27. The second-order valence-corrected chi connectivity index (χ2v) is 8.36. The van der Waals surface area contributed by atoms with Crippen molar-refractivity contribution in [1.29, 1.82) is 0 Å². The first-order valence-corrected chi connectivity index (χ1v) is 11.1. The maximum atomic E-state index is 10.4. The van der Waals surface area contributed by atoms with E-state index in [-0.39, 0.29) is 28.6 Å². The number of aromatic hydroxyl groups is 3. The molecule has 5 aromatic carbocycles. The zero-order chi connectivity index (χ0) is 24.1. The van der Waals surface area contributed by atoms with Gasteiger partial charge < -0.3 is 25.4 Å². The average Bonchev–Trinajstić information content (AvgIpc) is 2.87. The highest BCUT2D eigenvalue weighted by Crippen LogP contribution is 2.36. The van der Waals surface area contributed by atoms with E-state index in [0.29, 0.717) is 5.84 Å². The monoisotopic (exact) mass is 463 g/mol. The number of hydrogen-bond acceptors (Lipinski definition) is 7. The van der Waals surface area contributed by atoms with Gasteiger partial charge in [-0.3, -0.25) is 0 Å². The Labute approximate surface area is 200 Å². The summed E-state index contributed by atoms with van der Waals surface area (Å²) in [5.74, 6) is -0.369. The van der Waals surface area contributed by atoms with Gasteiger partial charge in [0.05, 0.1) is 0 Å². The van der Waals surface area contributed by atoms with Gasteiger partial charge in [0.15, 0.2) is 5.84 Å². The number of rotatable bonds is 3. The van der Waals surface area contributed by atoms with Gasteiger partial charge in [-0.1, -0.05) is 60.7 Å². The van der Waals surface area contributed by atoms with Crippen molar-refractivity contribution in [3.8, 4) is 17.2 Å². The van der Waals surface area contributed by atoms with Crippen molar-refractivity contribution in [2.45, 2.75) is 6.35 Å². The Balaban J connectivity index is 1.64. The fourth-order valence-corrected chi connectivity index (χ4v) is 4.68. The largest absolute Gasteiger partial charge is 0.508 e. The van der Waals surface area contributed by atoms with E-state index < -0.39 is 6.35 Å². The number of phenols is 3. The first-order valence-electron chi connectivity index (χ1n) is 11.1. The van der Waals surface area contributed by atoms with Crippen LogP contribution in [0.5, 0.6) is 17.2 Å². The molecule has 1 atom stereocenters. The van der Waals surface area contributed by atoms with E-state index in [1.54, 1.807) is 0 Å². The lowest BCUT2D eigenvalue weighted by atomic mass is 9.93. The highest BCUT2D eigenvalue weighted by molar-refractivity contribution is 6.25. The fraction of sp³-hybridized carbons (Fsp3) is 0.0714. The first kappa shape index (κ1) is 20.9. The van der Waals surface area contributed by atoms with Crippen molar-refractivity contribution in [3.05, 3.63) is 90.0 Å². The smallest absolute Gasteiger partial charge is 0.228 e. The van der Waals surface area contributed by atoms with Gasteiger partial charge in [0.1, 0.15) is 28.6 Å². The molecule has 1 heterocycles. The number of hydrogen-bond donors (Lipinski definition) is 4. The molecule has 0 saturated heterocycles. The van der Waals surface area contributed by atoms with Crippen LogP contribution in [0.4, 0.5) is 0 Å². The van der Waals surface area contributed by atoms with E-state index >= 15 is 0 Å². The molecule has 0 spiro atoms. The number of nitrogens with zero attached hydrogens (tertiary/aromatic N) is 2. The lowest BCUT2D eigenvalue weighted by molar-refractivity contribution is 0.0975. The number of ether oxygens (including phenoxy) is 1. The average molecular weight is 463 g/mol. The standard InChI is InChI=1S/C28H21N3O4/c1-35-28-30-26(29-27(31-28)25-23(33)12-16(32)13-24(25)34)22-14-21-17-7-3-2-6-15(17)10-11-20(21)18-8-4-5-9-19(18)22/h2-14,28,32-34H,1H3,(H,29,30,31). The molecule has 0 aliphatic carbocycles. The molecule has 0 saturated carbocycles. The van der Waals surface area contributed by atoms with Gasteiger partial charge in [-0.2, -0.15) is 0 Å². The fourth-order valence-electron chi connectivity index (χ4n) is 4.68. The molecule has 172 valence electrons. The Bertz CT molecular complexity index is 1680. The summed E-state index contributed by atoms with van der Waals surface area (Å²) in [7, 11) is 1.50. The predicted octanol–water partition coefficient (Wildman–Crippen LogP) is 4.99. The van der Waals surface area contributed by atoms with Crippen LogP contribution in [-0.2, 0) is 4.74 Å². The maximum absolute atomic E-state index is 10.4. The molecule has 0 radical (unpaired) electrons. The zero-order valence-corrected chi connectivity index (χ0v) is 18.7. The summed E-state index contributed by atoms with van der Waals surface area (Å²) in [6.45, 7) is 0. The molecule has 0 fully saturated rings. The van der Waals surface area contributed by atoms with Crippen LogP contribution in [0, 0.1) is 0 Å². The van der Waals surface area contributed by atoms with Crippen LogP contribution < -0.4 is 5.32 Å². The number of benzene rings is 5. The molecule has 1 aliphatic heterocycles. The van der Waals surface area contributed by atoms with Gasteiger partial charge >= 0.3 is 0 Å². The molecule has 1 unspecified atom stereocenters. The van der Waals surface area contributed by atoms with Crippen LogP contribution in [0.2, 0.25) is 0 Å². The molecular weight excluding hydrogens is 442 g/mol. The van der Waals surface area contributed by atoms with Gasteiger partial charge in [0.2, 0.25) is 6.35 Å². The van der Waals surface area contributed by atoms with Crippen molar-refractivity contribution >= 4 is 44.0 Å². The van der Waals surface area contributed by atoms with E-state index in [1.807, 2.05) is 30.3 Å². The van der Waals surface area contributed by atoms with Crippen molar-refractivity contribution in [2.24, 2.45) is 9.98 Å². The number of aliphatic imine (C=N–C) groups is 2. The molecule has 1 aliphatic rings. The van der Waals surface area contributed by atoms with Crippen LogP contribution in [0.15, 0.2) is 88.8 Å². The number of phenolic OH excluding ortho intramolecular Hbond substituents is 3. The Morgan fingerprint density at radius 3 is 2.14 bits per heavy atom. The summed E-state index contributed by atoms with van der Waals surface area (Å²) < 4.78 is 5.48. The summed E-state index contributed by atoms with van der Waals surface area (Å²) in [6, 6.07) is 25.0. The second-order valence-electron chi connectivity index (χ2n) is 8.36. The molecule has 0 aromatic heterocycles. The lowest BCUT2D eigenvalue weighted by Crippen LogP contribution is -2.40. The highest BCUT2D eigenvalue weighted by Gasteiger charge is 2.25. The topological polar surface area (TPSA) is 107 Å². The van der Waals surface area contributed by atoms with E-state index in [9.17, 15) is 15.3 Å². The lowest BCUT2D eigenvalue weighted by Gasteiger charge is -2.23. The van der Waals surface area contributed by atoms with Gasteiger partial charge in [-0.05, 0) is 38.4 Å².